The van der Waals surface area contributed by atoms with E-state index in [-0.39, 0.29) is 18.6 Å². The van der Waals surface area contributed by atoms with E-state index in [0.29, 0.717) is 24.2 Å². The summed E-state index contributed by atoms with van der Waals surface area (Å²) in [6.45, 7) is 6.39. The van der Waals surface area contributed by atoms with Crippen molar-refractivity contribution in [3.63, 3.8) is 0 Å². The van der Waals surface area contributed by atoms with Gasteiger partial charge in [0, 0.05) is 6.42 Å². The van der Waals surface area contributed by atoms with Gasteiger partial charge in [-0.1, -0.05) is 57.5 Å². The lowest BCUT2D eigenvalue weighted by molar-refractivity contribution is -0.122. The van der Waals surface area contributed by atoms with E-state index in [1.165, 1.54) is 0 Å². The standard InChI is InChI=1S/C22H31N3O3/c1-15(2)18-10-9-16(3)13-20(18)28-22(27)25-19(21(26)24-12-11-23)14-17-7-5-4-6-8-17/h4-8,15-16,18-20H,9-10,12-14H2,1-3H3,(H,24,26)(H,25,27). The molecule has 6 heteroatoms. The van der Waals surface area contributed by atoms with Gasteiger partial charge >= 0.3 is 6.09 Å². The van der Waals surface area contributed by atoms with Gasteiger partial charge in [0.25, 0.3) is 0 Å². The lowest BCUT2D eigenvalue weighted by atomic mass is 9.75. The summed E-state index contributed by atoms with van der Waals surface area (Å²) in [4.78, 5) is 25.0. The first kappa shape index (κ1) is 21.7. The molecule has 1 aliphatic rings. The molecule has 1 fully saturated rings. The predicted octanol–water partition coefficient (Wildman–Crippen LogP) is 3.42. The minimum Gasteiger partial charge on any atom is -0.446 e. The van der Waals surface area contributed by atoms with Gasteiger partial charge in [-0.05, 0) is 36.2 Å². The van der Waals surface area contributed by atoms with Crippen LogP contribution in [0.3, 0.4) is 0 Å². The number of alkyl carbamates (subject to hydrolysis) is 1. The fourth-order valence-electron chi connectivity index (χ4n) is 3.87. The Kier molecular flexibility index (Phi) is 8.31. The summed E-state index contributed by atoms with van der Waals surface area (Å²) >= 11 is 0. The first-order chi connectivity index (χ1) is 13.4. The van der Waals surface area contributed by atoms with Crippen LogP contribution in [0.5, 0.6) is 0 Å². The van der Waals surface area contributed by atoms with Gasteiger partial charge in [-0.3, -0.25) is 4.79 Å². The second-order valence-corrected chi connectivity index (χ2v) is 8.03. The molecule has 152 valence electrons. The first-order valence-electron chi connectivity index (χ1n) is 10.1. The second-order valence-electron chi connectivity index (χ2n) is 8.03. The van der Waals surface area contributed by atoms with E-state index in [4.69, 9.17) is 10.00 Å². The van der Waals surface area contributed by atoms with Crippen molar-refractivity contribution in [3.05, 3.63) is 35.9 Å². The molecule has 28 heavy (non-hydrogen) atoms. The SMILES string of the molecule is CC1CCC(C(C)C)C(OC(=O)NC(Cc2ccccc2)C(=O)NCC#N)C1. The number of ether oxygens (including phenoxy) is 1. The Morgan fingerprint density at radius 2 is 1.96 bits per heavy atom. The van der Waals surface area contributed by atoms with Gasteiger partial charge in [0.2, 0.25) is 5.91 Å². The van der Waals surface area contributed by atoms with Gasteiger partial charge in [0.15, 0.2) is 0 Å². The number of nitrogens with zero attached hydrogens (tertiary/aromatic N) is 1. The summed E-state index contributed by atoms with van der Waals surface area (Å²) in [6, 6.07) is 10.6. The third kappa shape index (κ3) is 6.56. The molecule has 0 saturated heterocycles. The van der Waals surface area contributed by atoms with E-state index in [1.54, 1.807) is 0 Å². The maximum Gasteiger partial charge on any atom is 0.408 e. The van der Waals surface area contributed by atoms with Crippen LogP contribution in [0.4, 0.5) is 4.79 Å². The number of hydrogen-bond donors (Lipinski definition) is 2. The zero-order valence-corrected chi connectivity index (χ0v) is 17.0. The number of carbonyl (C=O) groups excluding carboxylic acids is 2. The highest BCUT2D eigenvalue weighted by Crippen LogP contribution is 2.35. The van der Waals surface area contributed by atoms with Gasteiger partial charge in [0.1, 0.15) is 18.7 Å². The van der Waals surface area contributed by atoms with Crippen LogP contribution in [0.25, 0.3) is 0 Å². The van der Waals surface area contributed by atoms with Crippen molar-refractivity contribution in [2.75, 3.05) is 6.54 Å². The minimum absolute atomic E-state index is 0.101. The highest BCUT2D eigenvalue weighted by atomic mass is 16.6. The van der Waals surface area contributed by atoms with Crippen LogP contribution in [0.1, 0.15) is 45.6 Å². The summed E-state index contributed by atoms with van der Waals surface area (Å²) in [6.07, 6.45) is 2.67. The smallest absolute Gasteiger partial charge is 0.408 e. The Balaban J connectivity index is 2.03. The van der Waals surface area contributed by atoms with E-state index in [9.17, 15) is 9.59 Å². The molecule has 0 aromatic heterocycles. The molecular formula is C22H31N3O3. The fourth-order valence-corrected chi connectivity index (χ4v) is 3.87. The highest BCUT2D eigenvalue weighted by Gasteiger charge is 2.34. The highest BCUT2D eigenvalue weighted by molar-refractivity contribution is 5.86. The molecule has 0 radical (unpaired) electrons. The van der Waals surface area contributed by atoms with Gasteiger partial charge < -0.3 is 15.4 Å². The minimum atomic E-state index is -0.790. The number of nitrogens with one attached hydrogen (secondary N) is 2. The average Bonchev–Trinajstić information content (AvgIpc) is 2.66. The Morgan fingerprint density at radius 1 is 1.25 bits per heavy atom. The lowest BCUT2D eigenvalue weighted by Crippen LogP contribution is -2.49. The van der Waals surface area contributed by atoms with Crippen LogP contribution in [-0.2, 0) is 16.0 Å². The third-order valence-electron chi connectivity index (χ3n) is 5.45. The van der Waals surface area contributed by atoms with E-state index < -0.39 is 12.1 Å². The van der Waals surface area contributed by atoms with Crippen molar-refractivity contribution in [1.29, 1.82) is 5.26 Å². The normalized spacial score (nSPS) is 22.8. The molecule has 0 bridgehead atoms. The number of carbonyl (C=O) groups is 2. The van der Waals surface area contributed by atoms with Gasteiger partial charge in [-0.15, -0.1) is 0 Å². The molecule has 1 aromatic rings. The van der Waals surface area contributed by atoms with E-state index in [1.807, 2.05) is 36.4 Å². The molecule has 0 heterocycles. The fraction of sp³-hybridized carbons (Fsp3) is 0.591. The van der Waals surface area contributed by atoms with Crippen molar-refractivity contribution in [2.24, 2.45) is 17.8 Å². The topological polar surface area (TPSA) is 91.2 Å². The summed E-state index contributed by atoms with van der Waals surface area (Å²) < 4.78 is 5.76. The quantitative estimate of drug-likeness (QED) is 0.704. The van der Waals surface area contributed by atoms with E-state index >= 15 is 0 Å². The van der Waals surface area contributed by atoms with Crippen molar-refractivity contribution in [3.8, 4) is 6.07 Å². The number of amides is 2. The molecule has 1 saturated carbocycles. The van der Waals surface area contributed by atoms with Crippen molar-refractivity contribution < 1.29 is 14.3 Å². The predicted molar refractivity (Wildman–Crippen MR) is 107 cm³/mol. The molecule has 1 aliphatic carbocycles. The monoisotopic (exact) mass is 385 g/mol. The Hall–Kier alpha value is -2.55. The molecule has 2 rings (SSSR count). The molecule has 0 spiro atoms. The van der Waals surface area contributed by atoms with Crippen LogP contribution in [-0.4, -0.2) is 30.7 Å². The van der Waals surface area contributed by atoms with Crippen LogP contribution >= 0.6 is 0 Å². The lowest BCUT2D eigenvalue weighted by Gasteiger charge is -2.36. The number of hydrogen-bond acceptors (Lipinski definition) is 4. The molecular weight excluding hydrogens is 354 g/mol. The molecule has 4 atom stereocenters. The Morgan fingerprint density at radius 3 is 2.61 bits per heavy atom. The number of nitriles is 1. The number of rotatable bonds is 7. The second kappa shape index (κ2) is 10.7. The van der Waals surface area contributed by atoms with Crippen molar-refractivity contribution in [2.45, 2.75) is 58.6 Å². The van der Waals surface area contributed by atoms with Gasteiger partial charge in [-0.2, -0.15) is 5.26 Å². The summed E-state index contributed by atoms with van der Waals surface area (Å²) in [5.41, 5.74) is 0.922. The summed E-state index contributed by atoms with van der Waals surface area (Å²) in [7, 11) is 0. The van der Waals surface area contributed by atoms with Crippen LogP contribution < -0.4 is 10.6 Å². The molecule has 1 aromatic carbocycles. The largest absolute Gasteiger partial charge is 0.446 e. The maximum atomic E-state index is 12.6. The van der Waals surface area contributed by atoms with Gasteiger partial charge in [-0.25, -0.2) is 4.79 Å². The molecule has 4 unspecified atom stereocenters. The molecule has 6 nitrogen and oxygen atoms in total. The maximum absolute atomic E-state index is 12.6. The summed E-state index contributed by atoms with van der Waals surface area (Å²) in [5, 5.41) is 14.0. The van der Waals surface area contributed by atoms with Crippen molar-refractivity contribution in [1.82, 2.24) is 10.6 Å². The molecule has 2 amide bonds. The Labute approximate surface area is 167 Å². The molecule has 2 N–H and O–H groups in total. The van der Waals surface area contributed by atoms with Crippen molar-refractivity contribution >= 4 is 12.0 Å². The van der Waals surface area contributed by atoms with Gasteiger partial charge in [0.05, 0.1) is 6.07 Å². The van der Waals surface area contributed by atoms with Crippen LogP contribution in [0.2, 0.25) is 0 Å². The molecule has 0 aliphatic heterocycles. The van der Waals surface area contributed by atoms with Crippen LogP contribution in [0, 0.1) is 29.1 Å². The number of benzene rings is 1. The zero-order chi connectivity index (χ0) is 20.5. The first-order valence-corrected chi connectivity index (χ1v) is 10.1. The summed E-state index contributed by atoms with van der Waals surface area (Å²) in [5.74, 6) is 0.901. The average molecular weight is 386 g/mol. The van der Waals surface area contributed by atoms with E-state index in [2.05, 4.69) is 31.4 Å². The zero-order valence-electron chi connectivity index (χ0n) is 17.0. The Bertz CT molecular complexity index is 684. The third-order valence-corrected chi connectivity index (χ3v) is 5.45. The van der Waals surface area contributed by atoms with Crippen LogP contribution in [0.15, 0.2) is 30.3 Å². The van der Waals surface area contributed by atoms with E-state index in [0.717, 1.165) is 24.8 Å².